The fourth-order valence-electron chi connectivity index (χ4n) is 2.62. The highest BCUT2D eigenvalue weighted by Crippen LogP contribution is 2.27. The van der Waals surface area contributed by atoms with E-state index in [4.69, 9.17) is 9.47 Å². The van der Waals surface area contributed by atoms with Gasteiger partial charge in [0.2, 0.25) is 5.91 Å². The molecule has 2 atom stereocenters. The molecule has 1 amide bonds. The molecule has 1 N–H and O–H groups in total. The maximum absolute atomic E-state index is 12.0. The molecule has 0 aromatic heterocycles. The number of rotatable bonds is 0. The molecule has 0 bridgehead atoms. The Morgan fingerprint density at radius 2 is 1.82 bits per heavy atom. The largest absolute Gasteiger partial charge is 0.380 e. The summed E-state index contributed by atoms with van der Waals surface area (Å²) < 4.78 is 11.3. The van der Waals surface area contributed by atoms with Gasteiger partial charge in [-0.05, 0) is 25.7 Å². The number of hydrogen-bond donors (Lipinski definition) is 1. The molecular formula is C13H23NO3. The summed E-state index contributed by atoms with van der Waals surface area (Å²) in [6, 6.07) is 0. The second kappa shape index (κ2) is 6.97. The quantitative estimate of drug-likeness (QED) is 0.699. The molecule has 1 saturated heterocycles. The van der Waals surface area contributed by atoms with Gasteiger partial charge in [-0.25, -0.2) is 0 Å². The van der Waals surface area contributed by atoms with Crippen molar-refractivity contribution < 1.29 is 14.3 Å². The SMILES string of the molecule is O=C1NCCOCCCCO[C@H]2CCCCC12. The molecule has 1 heterocycles. The molecule has 1 unspecified atom stereocenters. The molecule has 2 aliphatic rings. The van der Waals surface area contributed by atoms with E-state index in [2.05, 4.69) is 5.32 Å². The van der Waals surface area contributed by atoms with Crippen LogP contribution in [0.1, 0.15) is 38.5 Å². The van der Waals surface area contributed by atoms with Crippen molar-refractivity contribution in [2.45, 2.75) is 44.6 Å². The van der Waals surface area contributed by atoms with Crippen LogP contribution in [0.25, 0.3) is 0 Å². The minimum absolute atomic E-state index is 0.0585. The summed E-state index contributed by atoms with van der Waals surface area (Å²) in [5.41, 5.74) is 0. The smallest absolute Gasteiger partial charge is 0.225 e. The van der Waals surface area contributed by atoms with Crippen molar-refractivity contribution in [3.63, 3.8) is 0 Å². The van der Waals surface area contributed by atoms with Crippen LogP contribution in [0.3, 0.4) is 0 Å². The molecule has 17 heavy (non-hydrogen) atoms. The van der Waals surface area contributed by atoms with Gasteiger partial charge in [0, 0.05) is 19.8 Å². The molecule has 0 spiro atoms. The van der Waals surface area contributed by atoms with Crippen LogP contribution in [0.15, 0.2) is 0 Å². The topological polar surface area (TPSA) is 47.6 Å². The maximum Gasteiger partial charge on any atom is 0.225 e. The van der Waals surface area contributed by atoms with Crippen LogP contribution in [0.5, 0.6) is 0 Å². The molecule has 2 rings (SSSR count). The van der Waals surface area contributed by atoms with Gasteiger partial charge in [-0.2, -0.15) is 0 Å². The molecule has 4 nitrogen and oxygen atoms in total. The van der Waals surface area contributed by atoms with Crippen molar-refractivity contribution in [1.29, 1.82) is 0 Å². The standard InChI is InChI=1S/C13H23NO3/c15-13-11-5-1-2-6-12(11)17-9-4-3-8-16-10-7-14-13/h11-12H,1-10H2,(H,14,15)/t11?,12-/m0/s1. The molecule has 98 valence electrons. The van der Waals surface area contributed by atoms with Crippen LogP contribution in [-0.2, 0) is 14.3 Å². The number of carbonyl (C=O) groups is 1. The monoisotopic (exact) mass is 241 g/mol. The Morgan fingerprint density at radius 3 is 2.76 bits per heavy atom. The van der Waals surface area contributed by atoms with Crippen LogP contribution >= 0.6 is 0 Å². The van der Waals surface area contributed by atoms with Crippen LogP contribution in [0, 0.1) is 5.92 Å². The van der Waals surface area contributed by atoms with E-state index in [1.807, 2.05) is 0 Å². The Bertz CT molecular complexity index is 245. The van der Waals surface area contributed by atoms with E-state index in [-0.39, 0.29) is 17.9 Å². The lowest BCUT2D eigenvalue weighted by molar-refractivity contribution is -0.133. The number of amides is 1. The first-order valence-electron chi connectivity index (χ1n) is 6.85. The fraction of sp³-hybridized carbons (Fsp3) is 0.923. The van der Waals surface area contributed by atoms with Crippen LogP contribution < -0.4 is 5.32 Å². The van der Waals surface area contributed by atoms with Gasteiger partial charge in [0.25, 0.3) is 0 Å². The molecule has 0 aromatic rings. The van der Waals surface area contributed by atoms with Gasteiger partial charge in [-0.1, -0.05) is 12.8 Å². The van der Waals surface area contributed by atoms with Gasteiger partial charge < -0.3 is 14.8 Å². The average molecular weight is 241 g/mol. The lowest BCUT2D eigenvalue weighted by Crippen LogP contribution is -2.42. The summed E-state index contributed by atoms with van der Waals surface area (Å²) in [5.74, 6) is 0.210. The Kier molecular flexibility index (Phi) is 5.26. The van der Waals surface area contributed by atoms with Gasteiger partial charge in [-0.15, -0.1) is 0 Å². The van der Waals surface area contributed by atoms with Gasteiger partial charge in [0.05, 0.1) is 18.6 Å². The summed E-state index contributed by atoms with van der Waals surface area (Å²) in [5, 5.41) is 2.96. The zero-order valence-electron chi connectivity index (χ0n) is 10.5. The number of carbonyl (C=O) groups excluding carboxylic acids is 1. The number of hydrogen-bond acceptors (Lipinski definition) is 3. The van der Waals surface area contributed by atoms with E-state index in [9.17, 15) is 4.79 Å². The predicted molar refractivity (Wildman–Crippen MR) is 64.8 cm³/mol. The van der Waals surface area contributed by atoms with E-state index >= 15 is 0 Å². The van der Waals surface area contributed by atoms with E-state index in [1.54, 1.807) is 0 Å². The van der Waals surface area contributed by atoms with Gasteiger partial charge in [-0.3, -0.25) is 4.79 Å². The van der Waals surface area contributed by atoms with E-state index in [0.717, 1.165) is 45.3 Å². The molecular weight excluding hydrogens is 218 g/mol. The number of nitrogens with one attached hydrogen (secondary N) is 1. The van der Waals surface area contributed by atoms with Crippen LogP contribution in [0.2, 0.25) is 0 Å². The normalized spacial score (nSPS) is 32.8. The molecule has 4 heteroatoms. The average Bonchev–Trinajstić information content (AvgIpc) is 2.35. The maximum atomic E-state index is 12.0. The van der Waals surface area contributed by atoms with Crippen molar-refractivity contribution in [3.8, 4) is 0 Å². The molecule has 0 aromatic carbocycles. The van der Waals surface area contributed by atoms with Crippen molar-refractivity contribution in [2.75, 3.05) is 26.4 Å². The fourth-order valence-corrected chi connectivity index (χ4v) is 2.62. The van der Waals surface area contributed by atoms with Crippen molar-refractivity contribution in [1.82, 2.24) is 5.32 Å². The second-order valence-corrected chi connectivity index (χ2v) is 4.91. The summed E-state index contributed by atoms with van der Waals surface area (Å²) >= 11 is 0. The zero-order chi connectivity index (χ0) is 11.9. The first kappa shape index (κ1) is 12.8. The number of ether oxygens (including phenoxy) is 2. The summed E-state index contributed by atoms with van der Waals surface area (Å²) in [6.45, 7) is 2.79. The first-order valence-corrected chi connectivity index (χ1v) is 6.85. The third-order valence-corrected chi connectivity index (χ3v) is 3.60. The van der Waals surface area contributed by atoms with Gasteiger partial charge in [0.15, 0.2) is 0 Å². The van der Waals surface area contributed by atoms with Gasteiger partial charge in [0.1, 0.15) is 0 Å². The van der Waals surface area contributed by atoms with E-state index in [0.29, 0.717) is 13.2 Å². The zero-order valence-corrected chi connectivity index (χ0v) is 10.5. The second-order valence-electron chi connectivity index (χ2n) is 4.91. The Balaban J connectivity index is 1.91. The lowest BCUT2D eigenvalue weighted by atomic mass is 9.85. The molecule has 1 saturated carbocycles. The van der Waals surface area contributed by atoms with Crippen molar-refractivity contribution >= 4 is 5.91 Å². The van der Waals surface area contributed by atoms with Crippen LogP contribution in [-0.4, -0.2) is 38.4 Å². The number of fused-ring (bicyclic) bond motifs is 1. The highest BCUT2D eigenvalue weighted by atomic mass is 16.5. The Hall–Kier alpha value is -0.610. The van der Waals surface area contributed by atoms with Crippen molar-refractivity contribution in [2.24, 2.45) is 5.92 Å². The highest BCUT2D eigenvalue weighted by molar-refractivity contribution is 5.79. The van der Waals surface area contributed by atoms with Gasteiger partial charge >= 0.3 is 0 Å². The summed E-state index contributed by atoms with van der Waals surface area (Å²) in [7, 11) is 0. The Morgan fingerprint density at radius 1 is 1.00 bits per heavy atom. The lowest BCUT2D eigenvalue weighted by Gasteiger charge is -2.30. The van der Waals surface area contributed by atoms with E-state index in [1.165, 1.54) is 6.42 Å². The summed E-state index contributed by atoms with van der Waals surface area (Å²) in [4.78, 5) is 12.0. The molecule has 0 radical (unpaired) electrons. The summed E-state index contributed by atoms with van der Waals surface area (Å²) in [6.07, 6.45) is 6.57. The molecule has 1 aliphatic heterocycles. The molecule has 1 aliphatic carbocycles. The third-order valence-electron chi connectivity index (χ3n) is 3.60. The minimum atomic E-state index is 0.0585. The Labute approximate surface area is 103 Å². The minimum Gasteiger partial charge on any atom is -0.380 e. The van der Waals surface area contributed by atoms with Crippen LogP contribution in [0.4, 0.5) is 0 Å². The van der Waals surface area contributed by atoms with E-state index < -0.39 is 0 Å². The van der Waals surface area contributed by atoms with Crippen molar-refractivity contribution in [3.05, 3.63) is 0 Å². The predicted octanol–water partition coefficient (Wildman–Crippen LogP) is 1.49. The highest BCUT2D eigenvalue weighted by Gasteiger charge is 2.31. The first-order chi connectivity index (χ1) is 8.38. The third kappa shape index (κ3) is 3.96. The molecule has 2 fully saturated rings.